The summed E-state index contributed by atoms with van der Waals surface area (Å²) < 4.78 is 26.8. The Morgan fingerprint density at radius 2 is 1.52 bits per heavy atom. The Kier molecular flexibility index (Phi) is 5.91. The molecule has 3 aromatic carbocycles. The lowest BCUT2D eigenvalue weighted by molar-refractivity contribution is 0.425. The molecule has 1 heterocycles. The second kappa shape index (κ2) is 8.75. The van der Waals surface area contributed by atoms with Crippen molar-refractivity contribution in [3.05, 3.63) is 101 Å². The average Bonchev–Trinajstić information content (AvgIpc) is 2.74. The van der Waals surface area contributed by atoms with Gasteiger partial charge < -0.3 is 10.4 Å². The third kappa shape index (κ3) is 4.48. The van der Waals surface area contributed by atoms with Crippen molar-refractivity contribution in [1.29, 1.82) is 0 Å². The number of aromatic hydroxyl groups is 1. The van der Waals surface area contributed by atoms with Gasteiger partial charge in [0, 0.05) is 12.0 Å². The first-order valence-electron chi connectivity index (χ1n) is 10.2. The van der Waals surface area contributed by atoms with Gasteiger partial charge >= 0.3 is 0 Å². The van der Waals surface area contributed by atoms with Crippen LogP contribution in [0.4, 0.5) is 8.78 Å². The van der Waals surface area contributed by atoms with Crippen molar-refractivity contribution >= 4 is 0 Å². The molecule has 3 aromatic rings. The quantitative estimate of drug-likeness (QED) is 0.550. The standard InChI is InChI=1S/C25H25F2NO/c26-19-11-7-17(8-12-19)21(18-9-13-20(27)14-10-18)3-1-5-24-22-4-2-6-25(29)23(22)15-16-28-24/h2,4,6-14,21,24,28-29H,1,3,5,15-16H2. The summed E-state index contributed by atoms with van der Waals surface area (Å²) in [6, 6.07) is 19.1. The minimum absolute atomic E-state index is 0.0865. The van der Waals surface area contributed by atoms with E-state index in [1.807, 2.05) is 30.3 Å². The van der Waals surface area contributed by atoms with E-state index >= 15 is 0 Å². The first-order chi connectivity index (χ1) is 14.1. The van der Waals surface area contributed by atoms with Crippen molar-refractivity contribution in [2.45, 2.75) is 37.6 Å². The molecule has 0 fully saturated rings. The van der Waals surface area contributed by atoms with Crippen molar-refractivity contribution < 1.29 is 13.9 Å². The molecule has 4 heteroatoms. The lowest BCUT2D eigenvalue weighted by Crippen LogP contribution is -2.29. The van der Waals surface area contributed by atoms with Crippen LogP contribution in [0.5, 0.6) is 5.75 Å². The number of benzene rings is 3. The smallest absolute Gasteiger partial charge is 0.123 e. The first-order valence-corrected chi connectivity index (χ1v) is 10.2. The number of halogens is 2. The van der Waals surface area contributed by atoms with Gasteiger partial charge in [-0.3, -0.25) is 0 Å². The van der Waals surface area contributed by atoms with E-state index in [0.717, 1.165) is 48.9 Å². The third-order valence-corrected chi connectivity index (χ3v) is 5.86. The van der Waals surface area contributed by atoms with E-state index in [1.54, 1.807) is 6.07 Å². The van der Waals surface area contributed by atoms with Gasteiger partial charge in [-0.15, -0.1) is 0 Å². The van der Waals surface area contributed by atoms with E-state index in [0.29, 0.717) is 5.75 Å². The number of phenolic OH excluding ortho intramolecular Hbond substituents is 1. The summed E-state index contributed by atoms with van der Waals surface area (Å²) in [5.41, 5.74) is 4.29. The highest BCUT2D eigenvalue weighted by atomic mass is 19.1. The molecule has 2 N–H and O–H groups in total. The van der Waals surface area contributed by atoms with Gasteiger partial charge in [-0.2, -0.15) is 0 Å². The molecule has 0 aliphatic carbocycles. The predicted octanol–water partition coefficient (Wildman–Crippen LogP) is 5.86. The summed E-state index contributed by atoms with van der Waals surface area (Å²) in [5, 5.41) is 13.7. The fraction of sp³-hybridized carbons (Fsp3) is 0.280. The molecule has 1 atom stereocenters. The minimum Gasteiger partial charge on any atom is -0.508 e. The molecule has 29 heavy (non-hydrogen) atoms. The average molecular weight is 393 g/mol. The maximum atomic E-state index is 13.4. The third-order valence-electron chi connectivity index (χ3n) is 5.86. The van der Waals surface area contributed by atoms with E-state index in [2.05, 4.69) is 11.4 Å². The van der Waals surface area contributed by atoms with Crippen LogP contribution in [0.3, 0.4) is 0 Å². The van der Waals surface area contributed by atoms with Crippen molar-refractivity contribution in [2.24, 2.45) is 0 Å². The fourth-order valence-corrected chi connectivity index (χ4v) is 4.37. The van der Waals surface area contributed by atoms with Crippen LogP contribution in [0.2, 0.25) is 0 Å². The van der Waals surface area contributed by atoms with Gasteiger partial charge in [0.1, 0.15) is 17.4 Å². The highest BCUT2D eigenvalue weighted by Crippen LogP contribution is 2.35. The van der Waals surface area contributed by atoms with Crippen LogP contribution in [0.1, 0.15) is 53.5 Å². The molecule has 0 bridgehead atoms. The zero-order valence-corrected chi connectivity index (χ0v) is 16.2. The monoisotopic (exact) mass is 393 g/mol. The topological polar surface area (TPSA) is 32.3 Å². The second-order valence-electron chi connectivity index (χ2n) is 7.69. The molecule has 1 aliphatic rings. The van der Waals surface area contributed by atoms with Crippen LogP contribution >= 0.6 is 0 Å². The summed E-state index contributed by atoms with van der Waals surface area (Å²) in [6.45, 7) is 0.856. The van der Waals surface area contributed by atoms with E-state index in [-0.39, 0.29) is 23.6 Å². The van der Waals surface area contributed by atoms with Crippen LogP contribution < -0.4 is 5.32 Å². The van der Waals surface area contributed by atoms with Gasteiger partial charge in [-0.05, 0) is 78.4 Å². The molecule has 0 saturated carbocycles. The zero-order chi connectivity index (χ0) is 20.2. The summed E-state index contributed by atoms with van der Waals surface area (Å²) in [7, 11) is 0. The zero-order valence-electron chi connectivity index (χ0n) is 16.2. The molecule has 1 aliphatic heterocycles. The van der Waals surface area contributed by atoms with Crippen molar-refractivity contribution in [1.82, 2.24) is 5.32 Å². The van der Waals surface area contributed by atoms with Gasteiger partial charge in [-0.25, -0.2) is 8.78 Å². The van der Waals surface area contributed by atoms with Crippen LogP contribution in [0.15, 0.2) is 66.7 Å². The van der Waals surface area contributed by atoms with Gasteiger partial charge in [0.05, 0.1) is 0 Å². The second-order valence-corrected chi connectivity index (χ2v) is 7.69. The molecule has 150 valence electrons. The summed E-state index contributed by atoms with van der Waals surface area (Å²) >= 11 is 0. The summed E-state index contributed by atoms with van der Waals surface area (Å²) in [6.07, 6.45) is 3.61. The number of fused-ring (bicyclic) bond motifs is 1. The van der Waals surface area contributed by atoms with Gasteiger partial charge in [0.25, 0.3) is 0 Å². The van der Waals surface area contributed by atoms with Gasteiger partial charge in [0.2, 0.25) is 0 Å². The minimum atomic E-state index is -0.255. The molecular weight excluding hydrogens is 368 g/mol. The Bertz CT molecular complexity index is 908. The Balaban J connectivity index is 1.50. The van der Waals surface area contributed by atoms with Crippen molar-refractivity contribution in [3.63, 3.8) is 0 Å². The van der Waals surface area contributed by atoms with Crippen molar-refractivity contribution in [3.8, 4) is 5.75 Å². The maximum Gasteiger partial charge on any atom is 0.123 e. The molecule has 1 unspecified atom stereocenters. The highest BCUT2D eigenvalue weighted by Gasteiger charge is 2.22. The Morgan fingerprint density at radius 3 is 2.14 bits per heavy atom. The SMILES string of the molecule is Oc1cccc2c1CCNC2CCCC(c1ccc(F)cc1)c1ccc(F)cc1. The number of phenols is 1. The van der Waals surface area contributed by atoms with Gasteiger partial charge in [0.15, 0.2) is 0 Å². The van der Waals surface area contributed by atoms with Gasteiger partial charge in [-0.1, -0.05) is 42.8 Å². The first kappa shape index (κ1) is 19.6. The Labute approximate surface area is 170 Å². The molecule has 4 rings (SSSR count). The number of hydrogen-bond acceptors (Lipinski definition) is 2. The molecule has 0 saturated heterocycles. The van der Waals surface area contributed by atoms with E-state index in [9.17, 15) is 13.9 Å². The van der Waals surface area contributed by atoms with Crippen LogP contribution in [0, 0.1) is 11.6 Å². The van der Waals surface area contributed by atoms with Crippen LogP contribution in [0.25, 0.3) is 0 Å². The summed E-state index contributed by atoms with van der Waals surface area (Å²) in [4.78, 5) is 0. The van der Waals surface area contributed by atoms with Crippen LogP contribution in [-0.4, -0.2) is 11.7 Å². The Hall–Kier alpha value is -2.72. The van der Waals surface area contributed by atoms with E-state index in [4.69, 9.17) is 0 Å². The molecule has 0 spiro atoms. The lowest BCUT2D eigenvalue weighted by Gasteiger charge is -2.28. The van der Waals surface area contributed by atoms with E-state index in [1.165, 1.54) is 29.8 Å². The molecular formula is C25H25F2NO. The number of nitrogens with one attached hydrogen (secondary N) is 1. The molecule has 0 amide bonds. The fourth-order valence-electron chi connectivity index (χ4n) is 4.37. The molecule has 0 radical (unpaired) electrons. The Morgan fingerprint density at radius 1 is 0.897 bits per heavy atom. The van der Waals surface area contributed by atoms with Crippen LogP contribution in [-0.2, 0) is 6.42 Å². The molecule has 2 nitrogen and oxygen atoms in total. The van der Waals surface area contributed by atoms with E-state index < -0.39 is 0 Å². The largest absolute Gasteiger partial charge is 0.508 e. The lowest BCUT2D eigenvalue weighted by atomic mass is 9.85. The van der Waals surface area contributed by atoms with Crippen molar-refractivity contribution in [2.75, 3.05) is 6.54 Å². The summed E-state index contributed by atoms with van der Waals surface area (Å²) in [5.74, 6) is -0.0446. The predicted molar refractivity (Wildman–Crippen MR) is 111 cm³/mol. The highest BCUT2D eigenvalue weighted by molar-refractivity contribution is 5.42. The number of hydrogen-bond donors (Lipinski definition) is 2. The number of rotatable bonds is 6. The maximum absolute atomic E-state index is 13.4. The normalized spacial score (nSPS) is 16.0. The molecule has 0 aromatic heterocycles.